The molecule has 0 saturated carbocycles. The Bertz CT molecular complexity index is 4150. The van der Waals surface area contributed by atoms with Crippen molar-refractivity contribution >= 4 is 82.4 Å². The van der Waals surface area contributed by atoms with Gasteiger partial charge in [0.1, 0.15) is 11.2 Å². The molecule has 0 fully saturated rings. The number of nitrogens with zero attached hydrogens (tertiary/aromatic N) is 2. The lowest BCUT2D eigenvalue weighted by Gasteiger charge is -2.29. The summed E-state index contributed by atoms with van der Waals surface area (Å²) < 4.78 is 9.47. The van der Waals surface area contributed by atoms with Gasteiger partial charge in [-0.25, -0.2) is 0 Å². The summed E-state index contributed by atoms with van der Waals surface area (Å²) in [6, 6.07) is 84.4. The fraction of sp³-hybridized carbons (Fsp3) is 0.0462. The normalized spacial score (nSPS) is 13.0. The maximum Gasteiger partial charge on any atom is 0.145 e. The molecule has 14 rings (SSSR count). The first kappa shape index (κ1) is 38.6. The Hall–Kier alpha value is -8.66. The van der Waals surface area contributed by atoms with Gasteiger partial charge in [0.05, 0.1) is 27.8 Å². The standard InChI is InChI=1S/C65H44N2O/c1-65(2)56-29-11-7-24-50(56)51-34-33-42(39-57(51)65)41-18-15-20-45(37-41)67(61-40-44-17-3-4-22-47(44)49-23-5-6-25-52(49)61)60-36-35-48(64-63(60)55-28-10-14-32-62(55)68-64)43-19-16-21-46(38-43)66-58-30-12-8-26-53(58)54-27-9-13-31-59(54)66/h3-40H,1-2H3. The van der Waals surface area contributed by atoms with E-state index in [0.717, 1.165) is 55.8 Å². The van der Waals surface area contributed by atoms with Crippen LogP contribution in [-0.4, -0.2) is 4.57 Å². The number of fused-ring (bicyclic) bond motifs is 12. The minimum absolute atomic E-state index is 0.103. The molecule has 0 amide bonds. The van der Waals surface area contributed by atoms with Gasteiger partial charge >= 0.3 is 0 Å². The third kappa shape index (κ3) is 5.66. The van der Waals surface area contributed by atoms with Crippen LogP contribution in [0.15, 0.2) is 235 Å². The predicted octanol–water partition coefficient (Wildman–Crippen LogP) is 18.1. The molecule has 0 N–H and O–H groups in total. The van der Waals surface area contributed by atoms with Crippen molar-refractivity contribution in [1.82, 2.24) is 4.57 Å². The highest BCUT2D eigenvalue weighted by Gasteiger charge is 2.35. The van der Waals surface area contributed by atoms with E-state index in [0.29, 0.717) is 0 Å². The van der Waals surface area contributed by atoms with Crippen molar-refractivity contribution in [2.45, 2.75) is 19.3 Å². The summed E-state index contributed by atoms with van der Waals surface area (Å²) in [5, 5.41) is 9.45. The molecule has 0 saturated heterocycles. The average Bonchev–Trinajstić information content (AvgIpc) is 4.02. The minimum Gasteiger partial charge on any atom is -0.455 e. The number of rotatable bonds is 6. The van der Waals surface area contributed by atoms with E-state index in [2.05, 4.69) is 254 Å². The van der Waals surface area contributed by atoms with Crippen molar-refractivity contribution in [3.63, 3.8) is 0 Å². The van der Waals surface area contributed by atoms with E-state index < -0.39 is 0 Å². The Balaban J connectivity index is 1.00. The van der Waals surface area contributed by atoms with E-state index >= 15 is 0 Å². The summed E-state index contributed by atoms with van der Waals surface area (Å²) in [6.07, 6.45) is 0. The van der Waals surface area contributed by atoms with Crippen LogP contribution < -0.4 is 4.90 Å². The highest BCUT2D eigenvalue weighted by atomic mass is 16.3. The summed E-state index contributed by atoms with van der Waals surface area (Å²) in [7, 11) is 0. The average molecular weight is 869 g/mol. The number of para-hydroxylation sites is 3. The predicted molar refractivity (Wildman–Crippen MR) is 286 cm³/mol. The molecule has 1 aliphatic rings. The smallest absolute Gasteiger partial charge is 0.145 e. The third-order valence-electron chi connectivity index (χ3n) is 14.7. The number of anilines is 3. The quantitative estimate of drug-likeness (QED) is 0.155. The van der Waals surface area contributed by atoms with Crippen molar-refractivity contribution in [2.75, 3.05) is 4.90 Å². The molecule has 0 bridgehead atoms. The number of aromatic nitrogens is 1. The topological polar surface area (TPSA) is 21.3 Å². The van der Waals surface area contributed by atoms with Crippen molar-refractivity contribution in [2.24, 2.45) is 0 Å². The van der Waals surface area contributed by atoms with Crippen LogP contribution in [0.4, 0.5) is 17.1 Å². The van der Waals surface area contributed by atoms with Gasteiger partial charge in [-0.1, -0.05) is 178 Å². The first-order valence-corrected chi connectivity index (χ1v) is 23.6. The monoisotopic (exact) mass is 868 g/mol. The summed E-state index contributed by atoms with van der Waals surface area (Å²) >= 11 is 0. The highest BCUT2D eigenvalue weighted by Crippen LogP contribution is 2.52. The number of furan rings is 1. The number of hydrogen-bond donors (Lipinski definition) is 0. The van der Waals surface area contributed by atoms with E-state index in [1.165, 1.54) is 76.7 Å². The molecule has 320 valence electrons. The first-order valence-electron chi connectivity index (χ1n) is 23.6. The van der Waals surface area contributed by atoms with Gasteiger partial charge in [-0.3, -0.25) is 0 Å². The zero-order valence-electron chi connectivity index (χ0n) is 37.7. The van der Waals surface area contributed by atoms with Gasteiger partial charge in [-0.2, -0.15) is 0 Å². The molecule has 2 aromatic heterocycles. The fourth-order valence-electron chi connectivity index (χ4n) is 11.6. The second-order valence-corrected chi connectivity index (χ2v) is 18.8. The maximum absolute atomic E-state index is 7.08. The molecule has 0 spiro atoms. The van der Waals surface area contributed by atoms with Gasteiger partial charge in [0.2, 0.25) is 0 Å². The molecule has 0 atom stereocenters. The lowest BCUT2D eigenvalue weighted by molar-refractivity contribution is 0.660. The van der Waals surface area contributed by atoms with Gasteiger partial charge in [-0.05, 0) is 122 Å². The van der Waals surface area contributed by atoms with E-state index in [9.17, 15) is 0 Å². The summed E-state index contributed by atoms with van der Waals surface area (Å²) in [6.45, 7) is 4.71. The Labute approximate surface area is 394 Å². The zero-order valence-corrected chi connectivity index (χ0v) is 37.7. The molecule has 0 unspecified atom stereocenters. The van der Waals surface area contributed by atoms with Gasteiger partial charge in [-0.15, -0.1) is 0 Å². The molecule has 3 nitrogen and oxygen atoms in total. The second-order valence-electron chi connectivity index (χ2n) is 18.8. The Kier molecular flexibility index (Phi) is 8.33. The van der Waals surface area contributed by atoms with Gasteiger partial charge in [0.25, 0.3) is 0 Å². The van der Waals surface area contributed by atoms with Crippen molar-refractivity contribution < 1.29 is 4.42 Å². The Morgan fingerprint density at radius 2 is 1.01 bits per heavy atom. The van der Waals surface area contributed by atoms with E-state index in [1.54, 1.807) is 0 Å². The second kappa shape index (κ2) is 14.7. The van der Waals surface area contributed by atoms with Crippen molar-refractivity contribution in [1.29, 1.82) is 0 Å². The van der Waals surface area contributed by atoms with Crippen LogP contribution in [0.25, 0.3) is 104 Å². The molecular weight excluding hydrogens is 825 g/mol. The molecule has 0 aliphatic heterocycles. The molecule has 68 heavy (non-hydrogen) atoms. The van der Waals surface area contributed by atoms with Crippen LogP contribution in [0.2, 0.25) is 0 Å². The molecular formula is C65H44N2O. The Morgan fingerprint density at radius 1 is 0.397 bits per heavy atom. The zero-order chi connectivity index (χ0) is 45.1. The lowest BCUT2D eigenvalue weighted by Crippen LogP contribution is -2.14. The van der Waals surface area contributed by atoms with Gasteiger partial charge in [0.15, 0.2) is 0 Å². The summed E-state index contributed by atoms with van der Waals surface area (Å²) in [4.78, 5) is 2.48. The third-order valence-corrected chi connectivity index (χ3v) is 14.7. The lowest BCUT2D eigenvalue weighted by atomic mass is 9.81. The summed E-state index contributed by atoms with van der Waals surface area (Å²) in [5.41, 5.74) is 18.2. The molecule has 0 radical (unpaired) electrons. The largest absolute Gasteiger partial charge is 0.455 e. The minimum atomic E-state index is -0.103. The van der Waals surface area contributed by atoms with E-state index in [1.807, 2.05) is 0 Å². The van der Waals surface area contributed by atoms with Crippen LogP contribution >= 0.6 is 0 Å². The van der Waals surface area contributed by atoms with Crippen LogP contribution in [0.1, 0.15) is 25.0 Å². The molecule has 3 heteroatoms. The maximum atomic E-state index is 7.08. The van der Waals surface area contributed by atoms with E-state index in [4.69, 9.17) is 4.42 Å². The van der Waals surface area contributed by atoms with Crippen molar-refractivity contribution in [3.05, 3.63) is 242 Å². The van der Waals surface area contributed by atoms with Crippen molar-refractivity contribution in [3.8, 4) is 39.1 Å². The number of hydrogen-bond acceptors (Lipinski definition) is 2. The molecule has 1 aliphatic carbocycles. The Morgan fingerprint density at radius 3 is 1.84 bits per heavy atom. The van der Waals surface area contributed by atoms with Gasteiger partial charge in [0, 0.05) is 43.9 Å². The SMILES string of the molecule is CC1(C)c2ccccc2-c2ccc(-c3cccc(N(c4cc5ccccc5c5ccccc45)c4ccc(-c5cccc(-n6c7ccccc7c7ccccc76)c5)c5oc6ccccc6c45)c3)cc21. The first-order chi connectivity index (χ1) is 33.5. The van der Waals surface area contributed by atoms with E-state index in [-0.39, 0.29) is 5.41 Å². The van der Waals surface area contributed by atoms with Crippen LogP contribution in [0.3, 0.4) is 0 Å². The molecule has 13 aromatic rings. The number of benzene rings is 11. The van der Waals surface area contributed by atoms with Gasteiger partial charge < -0.3 is 13.9 Å². The fourth-order valence-corrected chi connectivity index (χ4v) is 11.6. The summed E-state index contributed by atoms with van der Waals surface area (Å²) in [5.74, 6) is 0. The molecule has 11 aromatic carbocycles. The highest BCUT2D eigenvalue weighted by molar-refractivity contribution is 6.20. The molecule has 2 heterocycles. The van der Waals surface area contributed by atoms with Crippen LogP contribution in [0.5, 0.6) is 0 Å². The van der Waals surface area contributed by atoms with Crippen LogP contribution in [-0.2, 0) is 5.41 Å². The van der Waals surface area contributed by atoms with Crippen LogP contribution in [0, 0.1) is 0 Å².